The maximum Gasteiger partial charge on any atom is 0.248 e. The van der Waals surface area contributed by atoms with E-state index in [0.717, 1.165) is 28.6 Å². The van der Waals surface area contributed by atoms with Crippen molar-refractivity contribution in [2.24, 2.45) is 10.7 Å². The van der Waals surface area contributed by atoms with Gasteiger partial charge >= 0.3 is 0 Å². The molecule has 0 saturated carbocycles. The van der Waals surface area contributed by atoms with Crippen LogP contribution < -0.4 is 11.1 Å². The smallest absolute Gasteiger partial charge is 0.248 e. The molecule has 0 aliphatic carbocycles. The average molecular weight is 376 g/mol. The van der Waals surface area contributed by atoms with Crippen LogP contribution in [0.15, 0.2) is 65.8 Å². The molecule has 144 valence electrons. The summed E-state index contributed by atoms with van der Waals surface area (Å²) >= 11 is 0. The van der Waals surface area contributed by atoms with E-state index >= 15 is 0 Å². The molecular formula is C21H24N6O. The molecule has 3 rings (SSSR count). The summed E-state index contributed by atoms with van der Waals surface area (Å²) in [4.78, 5) is 25.3. The molecule has 0 saturated heterocycles. The Hall–Kier alpha value is -3.61. The fourth-order valence-electron chi connectivity index (χ4n) is 2.86. The monoisotopic (exact) mass is 376 g/mol. The molecule has 1 aromatic heterocycles. The Morgan fingerprint density at radius 2 is 1.89 bits per heavy atom. The minimum absolute atomic E-state index is 0.427. The molecule has 0 radical (unpaired) electrons. The number of amides is 1. The number of aromatic nitrogens is 2. The van der Waals surface area contributed by atoms with Gasteiger partial charge in [-0.25, -0.2) is 4.98 Å². The van der Waals surface area contributed by atoms with Gasteiger partial charge in [-0.2, -0.15) is 0 Å². The molecule has 2 aromatic carbocycles. The van der Waals surface area contributed by atoms with Crippen molar-refractivity contribution in [1.29, 1.82) is 0 Å². The van der Waals surface area contributed by atoms with Crippen LogP contribution in [0.1, 0.15) is 21.7 Å². The lowest BCUT2D eigenvalue weighted by molar-refractivity contribution is 0.100. The summed E-state index contributed by atoms with van der Waals surface area (Å²) in [6.07, 6.45) is 1.84. The number of nitrogens with one attached hydrogen (secondary N) is 2. The Morgan fingerprint density at radius 1 is 1.18 bits per heavy atom. The first kappa shape index (κ1) is 19.2. The van der Waals surface area contributed by atoms with Crippen LogP contribution in [0.2, 0.25) is 0 Å². The van der Waals surface area contributed by atoms with E-state index in [9.17, 15) is 4.79 Å². The lowest BCUT2D eigenvalue weighted by atomic mass is 10.1. The number of nitrogens with zero attached hydrogens (tertiary/aromatic N) is 3. The zero-order chi connectivity index (χ0) is 19.9. The number of imidazole rings is 1. The molecule has 28 heavy (non-hydrogen) atoms. The third-order valence-corrected chi connectivity index (χ3v) is 4.36. The Labute approximate surface area is 164 Å². The van der Waals surface area contributed by atoms with Gasteiger partial charge in [0.2, 0.25) is 5.91 Å². The van der Waals surface area contributed by atoms with Gasteiger partial charge in [0.05, 0.1) is 18.4 Å². The molecule has 0 unspecified atom stereocenters. The van der Waals surface area contributed by atoms with Gasteiger partial charge in [-0.15, -0.1) is 0 Å². The predicted molar refractivity (Wildman–Crippen MR) is 111 cm³/mol. The highest BCUT2D eigenvalue weighted by Crippen LogP contribution is 2.16. The van der Waals surface area contributed by atoms with Crippen LogP contribution in [0.25, 0.3) is 11.3 Å². The van der Waals surface area contributed by atoms with Crippen LogP contribution in [0, 0.1) is 0 Å². The Bertz CT molecular complexity index is 947. The van der Waals surface area contributed by atoms with E-state index < -0.39 is 5.91 Å². The van der Waals surface area contributed by atoms with Gasteiger partial charge in [0.25, 0.3) is 0 Å². The van der Waals surface area contributed by atoms with E-state index in [1.54, 1.807) is 19.2 Å². The first-order valence-corrected chi connectivity index (χ1v) is 8.96. The molecule has 0 atom stereocenters. The summed E-state index contributed by atoms with van der Waals surface area (Å²) in [6.45, 7) is 1.18. The van der Waals surface area contributed by atoms with Crippen LogP contribution in [0.3, 0.4) is 0 Å². The van der Waals surface area contributed by atoms with Crippen LogP contribution in [-0.4, -0.2) is 40.8 Å². The minimum Gasteiger partial charge on any atom is -0.366 e. The summed E-state index contributed by atoms with van der Waals surface area (Å²) in [5.41, 5.74) is 8.89. The van der Waals surface area contributed by atoms with Crippen LogP contribution in [-0.2, 0) is 13.1 Å². The maximum absolute atomic E-state index is 11.2. The number of nitrogens with two attached hydrogens (primary N) is 1. The van der Waals surface area contributed by atoms with E-state index in [-0.39, 0.29) is 0 Å². The normalized spacial score (nSPS) is 11.3. The Kier molecular flexibility index (Phi) is 6.06. The fourth-order valence-corrected chi connectivity index (χ4v) is 2.86. The third-order valence-electron chi connectivity index (χ3n) is 4.36. The number of rotatable bonds is 6. The van der Waals surface area contributed by atoms with Crippen molar-refractivity contribution in [3.05, 3.63) is 77.7 Å². The highest BCUT2D eigenvalue weighted by molar-refractivity contribution is 5.92. The largest absolute Gasteiger partial charge is 0.366 e. The van der Waals surface area contributed by atoms with Crippen molar-refractivity contribution in [3.63, 3.8) is 0 Å². The second-order valence-corrected chi connectivity index (χ2v) is 6.43. The number of hydrogen-bond acceptors (Lipinski definition) is 3. The van der Waals surface area contributed by atoms with E-state index in [1.807, 2.05) is 60.6 Å². The molecule has 7 nitrogen and oxygen atoms in total. The molecule has 0 aliphatic rings. The van der Waals surface area contributed by atoms with Crippen molar-refractivity contribution in [1.82, 2.24) is 20.2 Å². The van der Waals surface area contributed by atoms with E-state index in [1.165, 1.54) is 0 Å². The van der Waals surface area contributed by atoms with E-state index in [0.29, 0.717) is 18.7 Å². The van der Waals surface area contributed by atoms with E-state index in [2.05, 4.69) is 20.3 Å². The van der Waals surface area contributed by atoms with Crippen LogP contribution in [0.5, 0.6) is 0 Å². The van der Waals surface area contributed by atoms with Gasteiger partial charge in [-0.1, -0.05) is 42.5 Å². The number of aliphatic imine (C=N–C) groups is 1. The average Bonchev–Trinajstić information content (AvgIpc) is 3.18. The number of primary amides is 1. The van der Waals surface area contributed by atoms with Crippen molar-refractivity contribution < 1.29 is 4.79 Å². The molecular weight excluding hydrogens is 352 g/mol. The Morgan fingerprint density at radius 3 is 2.54 bits per heavy atom. The molecule has 0 aliphatic heterocycles. The predicted octanol–water partition coefficient (Wildman–Crippen LogP) is 2.38. The van der Waals surface area contributed by atoms with Crippen LogP contribution in [0.4, 0.5) is 0 Å². The molecule has 4 N–H and O–H groups in total. The molecule has 3 aromatic rings. The van der Waals surface area contributed by atoms with Crippen molar-refractivity contribution in [2.45, 2.75) is 13.1 Å². The van der Waals surface area contributed by atoms with Gasteiger partial charge < -0.3 is 20.9 Å². The minimum atomic E-state index is -0.427. The van der Waals surface area contributed by atoms with Gasteiger partial charge in [-0.05, 0) is 23.3 Å². The topological polar surface area (TPSA) is 99.4 Å². The SMILES string of the molecule is CN=C(NCc1ccc(C(N)=O)cc1)N(C)Cc1ncc(-c2ccccc2)[nH]1. The zero-order valence-corrected chi connectivity index (χ0v) is 16.0. The highest BCUT2D eigenvalue weighted by Gasteiger charge is 2.10. The quantitative estimate of drug-likeness (QED) is 0.454. The van der Waals surface area contributed by atoms with Gasteiger partial charge in [0.15, 0.2) is 5.96 Å². The molecule has 0 fully saturated rings. The van der Waals surface area contributed by atoms with Gasteiger partial charge in [0, 0.05) is 26.2 Å². The third kappa shape index (κ3) is 4.76. The molecule has 0 bridgehead atoms. The summed E-state index contributed by atoms with van der Waals surface area (Å²) in [5, 5.41) is 3.31. The second-order valence-electron chi connectivity index (χ2n) is 6.43. The first-order chi connectivity index (χ1) is 13.6. The Balaban J connectivity index is 1.59. The number of hydrogen-bond donors (Lipinski definition) is 3. The number of benzene rings is 2. The number of guanidine groups is 1. The first-order valence-electron chi connectivity index (χ1n) is 8.96. The number of carbonyl (C=O) groups is 1. The van der Waals surface area contributed by atoms with Crippen molar-refractivity contribution in [3.8, 4) is 11.3 Å². The summed E-state index contributed by atoms with van der Waals surface area (Å²) in [6, 6.07) is 17.3. The molecule has 1 amide bonds. The molecule has 1 heterocycles. The molecule has 7 heteroatoms. The zero-order valence-electron chi connectivity index (χ0n) is 16.0. The second kappa shape index (κ2) is 8.85. The fraction of sp³-hybridized carbons (Fsp3) is 0.190. The van der Waals surface area contributed by atoms with E-state index in [4.69, 9.17) is 5.73 Å². The number of carbonyl (C=O) groups excluding carboxylic acids is 1. The standard InChI is InChI=1S/C21H24N6O/c1-23-21(25-12-15-8-10-17(11-9-15)20(22)28)27(2)14-19-24-13-18(26-19)16-6-4-3-5-7-16/h3-11,13H,12,14H2,1-2H3,(H2,22,28)(H,23,25)(H,24,26). The highest BCUT2D eigenvalue weighted by atomic mass is 16.1. The summed E-state index contributed by atoms with van der Waals surface area (Å²) in [5.74, 6) is 1.18. The van der Waals surface area contributed by atoms with Crippen molar-refractivity contribution >= 4 is 11.9 Å². The maximum atomic E-state index is 11.2. The van der Waals surface area contributed by atoms with Crippen LogP contribution >= 0.6 is 0 Å². The number of H-pyrrole nitrogens is 1. The molecule has 0 spiro atoms. The summed E-state index contributed by atoms with van der Waals surface area (Å²) in [7, 11) is 3.70. The number of aromatic amines is 1. The van der Waals surface area contributed by atoms with Gasteiger partial charge in [-0.3, -0.25) is 9.79 Å². The summed E-state index contributed by atoms with van der Waals surface area (Å²) < 4.78 is 0. The lowest BCUT2D eigenvalue weighted by Gasteiger charge is -2.21. The van der Waals surface area contributed by atoms with Crippen molar-refractivity contribution in [2.75, 3.05) is 14.1 Å². The van der Waals surface area contributed by atoms with Gasteiger partial charge in [0.1, 0.15) is 5.82 Å². The lowest BCUT2D eigenvalue weighted by Crippen LogP contribution is -2.38.